The van der Waals surface area contributed by atoms with Gasteiger partial charge in [0.25, 0.3) is 0 Å². The third-order valence-corrected chi connectivity index (χ3v) is 9.78. The van der Waals surface area contributed by atoms with Gasteiger partial charge in [0, 0.05) is 11.3 Å². The molecule has 13 nitrogen and oxygen atoms in total. The Balaban J connectivity index is 1.38. The number of aromatic hydroxyl groups is 1. The number of fused-ring (bicyclic) bond motifs is 4. The molecule has 0 bridgehead atoms. The SMILES string of the molecule is CC1c2ccc(NC(=O)Nc3cccc4ccccc34)c(O)c2C(=O)C2C(=O)C3(O)C(=O)C(C(N)=O)C(=O)C(N(C)C)C3C(O)C21. The van der Waals surface area contributed by atoms with Crippen molar-refractivity contribution in [3.8, 4) is 5.75 Å². The van der Waals surface area contributed by atoms with E-state index in [0.29, 0.717) is 5.69 Å². The number of likely N-dealkylation sites (N-methyl/N-ethyl adjacent to an activating group) is 1. The van der Waals surface area contributed by atoms with Crippen LogP contribution in [-0.4, -0.2) is 87.1 Å². The number of phenols is 1. The molecule has 13 heteroatoms. The van der Waals surface area contributed by atoms with Crippen LogP contribution in [0.1, 0.15) is 28.8 Å². The molecule has 2 fully saturated rings. The highest BCUT2D eigenvalue weighted by Crippen LogP contribution is 2.55. The summed E-state index contributed by atoms with van der Waals surface area (Å²) in [5, 5.41) is 41.6. The number of aliphatic hydroxyl groups is 2. The van der Waals surface area contributed by atoms with Crippen molar-refractivity contribution in [3.05, 3.63) is 65.7 Å². The number of urea groups is 1. The molecule has 3 amide bonds. The molecule has 3 aromatic carbocycles. The minimum atomic E-state index is -3.10. The van der Waals surface area contributed by atoms with Crippen molar-refractivity contribution in [1.29, 1.82) is 0 Å². The Morgan fingerprint density at radius 3 is 2.24 bits per heavy atom. The van der Waals surface area contributed by atoms with E-state index in [-0.39, 0.29) is 16.8 Å². The van der Waals surface area contributed by atoms with Gasteiger partial charge < -0.3 is 31.7 Å². The van der Waals surface area contributed by atoms with Crippen molar-refractivity contribution >= 4 is 57.2 Å². The minimum Gasteiger partial charge on any atom is -0.505 e. The fourth-order valence-electron chi connectivity index (χ4n) is 7.70. The topological polar surface area (TPSA) is 216 Å². The van der Waals surface area contributed by atoms with Crippen LogP contribution in [0.2, 0.25) is 0 Å². The number of benzene rings is 3. The van der Waals surface area contributed by atoms with Crippen LogP contribution in [-0.2, 0) is 19.2 Å². The summed E-state index contributed by atoms with van der Waals surface area (Å²) in [5.41, 5.74) is 2.51. The Morgan fingerprint density at radius 2 is 1.57 bits per heavy atom. The number of anilines is 2. The first-order valence-electron chi connectivity index (χ1n) is 14.7. The fraction of sp³-hybridized carbons (Fsp3) is 0.333. The van der Waals surface area contributed by atoms with E-state index in [2.05, 4.69) is 10.6 Å². The van der Waals surface area contributed by atoms with E-state index in [1.807, 2.05) is 30.3 Å². The number of ketones is 4. The Bertz CT molecular complexity index is 1870. The molecule has 7 N–H and O–H groups in total. The van der Waals surface area contributed by atoms with Gasteiger partial charge in [0.05, 0.1) is 40.9 Å². The number of hydrogen-bond donors (Lipinski definition) is 6. The number of aliphatic hydroxyl groups excluding tert-OH is 1. The predicted octanol–water partition coefficient (Wildman–Crippen LogP) is 1.20. The molecule has 8 atom stereocenters. The average Bonchev–Trinajstić information content (AvgIpc) is 3.00. The van der Waals surface area contributed by atoms with Crippen molar-refractivity contribution < 1.29 is 44.1 Å². The number of phenolic OH excluding ortho intramolecular Hbond substituents is 1. The Labute approximate surface area is 262 Å². The lowest BCUT2D eigenvalue weighted by Gasteiger charge is -2.56. The first-order valence-corrected chi connectivity index (χ1v) is 14.7. The van der Waals surface area contributed by atoms with Gasteiger partial charge in [0.2, 0.25) is 5.91 Å². The van der Waals surface area contributed by atoms with Crippen molar-refractivity contribution in [3.63, 3.8) is 0 Å². The van der Waals surface area contributed by atoms with Crippen LogP contribution in [0.5, 0.6) is 5.75 Å². The molecule has 0 spiro atoms. The molecule has 0 aromatic heterocycles. The van der Waals surface area contributed by atoms with Gasteiger partial charge in [-0.1, -0.05) is 49.4 Å². The zero-order chi connectivity index (χ0) is 33.4. The molecule has 0 radical (unpaired) electrons. The molecule has 0 saturated heterocycles. The standard InChI is InChI=1S/C33H32N4O9/c1-13-15-11-12-18(36-32(45)35-17-10-6-8-14-7-4-5-9-16(14)17)25(38)20(15)26(39)21-19(13)27(40)23-24(37(2)3)28(41)22(31(34)44)30(43)33(23,46)29(21)42/h4-13,19,21-24,27,38,40,46H,1-3H3,(H2,34,44)(H2,35,36,45). The number of amides is 3. The maximum Gasteiger partial charge on any atom is 0.323 e. The Hall–Kier alpha value is -4.98. The molecule has 8 unspecified atom stereocenters. The summed E-state index contributed by atoms with van der Waals surface area (Å²) in [6.07, 6.45) is -1.74. The average molecular weight is 629 g/mol. The zero-order valence-electron chi connectivity index (χ0n) is 25.1. The molecule has 3 aliphatic carbocycles. The van der Waals surface area contributed by atoms with Gasteiger partial charge in [0.15, 0.2) is 34.7 Å². The molecule has 3 aliphatic rings. The van der Waals surface area contributed by atoms with Crippen molar-refractivity contribution in [2.75, 3.05) is 24.7 Å². The summed E-state index contributed by atoms with van der Waals surface area (Å²) in [6, 6.07) is 13.4. The van der Waals surface area contributed by atoms with Crippen LogP contribution in [0.25, 0.3) is 10.8 Å². The first kappa shape index (κ1) is 31.0. The normalized spacial score (nSPS) is 30.4. The number of hydrogen-bond acceptors (Lipinski definition) is 10. The second-order valence-electron chi connectivity index (χ2n) is 12.4. The van der Waals surface area contributed by atoms with Gasteiger partial charge >= 0.3 is 6.03 Å². The molecule has 238 valence electrons. The van der Waals surface area contributed by atoms with Gasteiger partial charge in [-0.15, -0.1) is 0 Å². The van der Waals surface area contributed by atoms with Gasteiger partial charge in [-0.25, -0.2) is 4.79 Å². The lowest BCUT2D eigenvalue weighted by atomic mass is 9.49. The predicted molar refractivity (Wildman–Crippen MR) is 164 cm³/mol. The summed E-state index contributed by atoms with van der Waals surface area (Å²) in [7, 11) is 2.85. The fourth-order valence-corrected chi connectivity index (χ4v) is 7.70. The molecular weight excluding hydrogens is 596 g/mol. The number of nitrogens with zero attached hydrogens (tertiary/aromatic N) is 1. The van der Waals surface area contributed by atoms with Gasteiger partial charge in [-0.2, -0.15) is 0 Å². The number of rotatable bonds is 4. The lowest BCUT2D eigenvalue weighted by Crippen LogP contribution is -2.77. The maximum absolute atomic E-state index is 14.1. The van der Waals surface area contributed by atoms with Gasteiger partial charge in [-0.05, 0) is 43.1 Å². The largest absolute Gasteiger partial charge is 0.505 e. The molecule has 0 heterocycles. The van der Waals surface area contributed by atoms with Crippen LogP contribution < -0.4 is 16.4 Å². The maximum atomic E-state index is 14.1. The van der Waals surface area contributed by atoms with E-state index >= 15 is 0 Å². The quantitative estimate of drug-likeness (QED) is 0.179. The summed E-state index contributed by atoms with van der Waals surface area (Å²) in [5.74, 6) is -14.5. The second kappa shape index (κ2) is 10.8. The zero-order valence-corrected chi connectivity index (χ0v) is 25.1. The molecule has 2 saturated carbocycles. The van der Waals surface area contributed by atoms with Crippen molar-refractivity contribution in [1.82, 2.24) is 4.90 Å². The van der Waals surface area contributed by atoms with E-state index in [1.54, 1.807) is 19.1 Å². The van der Waals surface area contributed by atoms with Crippen LogP contribution in [0.3, 0.4) is 0 Å². The highest BCUT2D eigenvalue weighted by Gasteiger charge is 2.72. The van der Waals surface area contributed by atoms with Gasteiger partial charge in [-0.3, -0.25) is 28.9 Å². The molecule has 6 rings (SSSR count). The Kier molecular flexibility index (Phi) is 7.30. The highest BCUT2D eigenvalue weighted by atomic mass is 16.3. The number of primary amides is 1. The third-order valence-electron chi connectivity index (χ3n) is 9.78. The van der Waals surface area contributed by atoms with Crippen LogP contribution in [0, 0.1) is 23.7 Å². The van der Waals surface area contributed by atoms with Crippen molar-refractivity contribution in [2.45, 2.75) is 30.6 Å². The van der Waals surface area contributed by atoms with Crippen LogP contribution in [0.4, 0.5) is 16.2 Å². The first-order chi connectivity index (χ1) is 21.7. The van der Waals surface area contributed by atoms with E-state index in [1.165, 1.54) is 31.1 Å². The van der Waals surface area contributed by atoms with E-state index in [4.69, 9.17) is 5.73 Å². The number of carbonyl (C=O) groups is 6. The number of Topliss-reactive ketones (excluding diaryl/α,β-unsaturated/α-hetero) is 4. The Morgan fingerprint density at radius 1 is 0.913 bits per heavy atom. The van der Waals surface area contributed by atoms with E-state index < -0.39 is 88.2 Å². The monoisotopic (exact) mass is 628 g/mol. The third kappa shape index (κ3) is 4.26. The van der Waals surface area contributed by atoms with E-state index in [0.717, 1.165) is 10.8 Å². The van der Waals surface area contributed by atoms with Crippen LogP contribution in [0.15, 0.2) is 54.6 Å². The summed E-state index contributed by atoms with van der Waals surface area (Å²) in [6.45, 7) is 1.60. The molecule has 0 aliphatic heterocycles. The number of carbonyl (C=O) groups excluding carboxylic acids is 6. The van der Waals surface area contributed by atoms with Crippen molar-refractivity contribution in [2.24, 2.45) is 29.4 Å². The highest BCUT2D eigenvalue weighted by molar-refractivity contribution is 6.32. The smallest absolute Gasteiger partial charge is 0.323 e. The summed E-state index contributed by atoms with van der Waals surface area (Å²) in [4.78, 5) is 81.5. The molecular formula is C33H32N4O9. The summed E-state index contributed by atoms with van der Waals surface area (Å²) < 4.78 is 0. The molecule has 46 heavy (non-hydrogen) atoms. The lowest BCUT2D eigenvalue weighted by molar-refractivity contribution is -0.196. The van der Waals surface area contributed by atoms with Gasteiger partial charge in [0.1, 0.15) is 5.75 Å². The number of nitrogens with one attached hydrogen (secondary N) is 2. The van der Waals surface area contributed by atoms with E-state index in [9.17, 15) is 44.1 Å². The summed E-state index contributed by atoms with van der Waals surface area (Å²) >= 11 is 0. The molecule has 3 aromatic rings. The number of nitrogens with two attached hydrogens (primary N) is 1. The van der Waals surface area contributed by atoms with Crippen LogP contribution >= 0.6 is 0 Å². The minimum absolute atomic E-state index is 0.156. The second-order valence-corrected chi connectivity index (χ2v) is 12.4.